The van der Waals surface area contributed by atoms with E-state index in [1.807, 2.05) is 20.8 Å². The number of nitrogens with zero attached hydrogens (tertiary/aromatic N) is 1. The molecule has 2 aromatic rings. The van der Waals surface area contributed by atoms with Crippen LogP contribution in [0.1, 0.15) is 31.1 Å². The number of carbonyl (C=O) groups excluding carboxylic acids is 1. The topological polar surface area (TPSA) is 75.7 Å². The molecule has 0 saturated carbocycles. The molecule has 0 heterocycles. The lowest BCUT2D eigenvalue weighted by atomic mass is 10.2. The van der Waals surface area contributed by atoms with Crippen LogP contribution in [0.3, 0.4) is 0 Å². The molecule has 146 valence electrons. The Morgan fingerprint density at radius 1 is 1.19 bits per heavy atom. The number of nitrogens with one attached hydrogen (secondary N) is 1. The zero-order chi connectivity index (χ0) is 20.2. The predicted octanol–water partition coefficient (Wildman–Crippen LogP) is 4.02. The van der Waals surface area contributed by atoms with Gasteiger partial charge in [-0.25, -0.2) is 8.42 Å². The molecule has 6 nitrogen and oxygen atoms in total. The number of anilines is 1. The molecule has 0 spiro atoms. The second-order valence-electron chi connectivity index (χ2n) is 6.22. The van der Waals surface area contributed by atoms with Gasteiger partial charge < -0.3 is 9.64 Å². The second kappa shape index (κ2) is 8.63. The van der Waals surface area contributed by atoms with E-state index in [1.54, 1.807) is 31.3 Å². The van der Waals surface area contributed by atoms with E-state index in [4.69, 9.17) is 16.3 Å². The number of benzene rings is 2. The van der Waals surface area contributed by atoms with E-state index >= 15 is 0 Å². The third kappa shape index (κ3) is 5.14. The summed E-state index contributed by atoms with van der Waals surface area (Å²) in [4.78, 5) is 13.9. The molecule has 27 heavy (non-hydrogen) atoms. The van der Waals surface area contributed by atoms with Crippen LogP contribution < -0.4 is 9.46 Å². The van der Waals surface area contributed by atoms with Gasteiger partial charge in [0.15, 0.2) is 0 Å². The Labute approximate surface area is 165 Å². The summed E-state index contributed by atoms with van der Waals surface area (Å²) in [6, 6.07) is 10.7. The zero-order valence-electron chi connectivity index (χ0n) is 15.7. The number of rotatable bonds is 7. The van der Waals surface area contributed by atoms with Crippen molar-refractivity contribution in [1.82, 2.24) is 4.90 Å². The van der Waals surface area contributed by atoms with Gasteiger partial charge in [-0.3, -0.25) is 9.52 Å². The van der Waals surface area contributed by atoms with Crippen LogP contribution in [0.2, 0.25) is 5.02 Å². The van der Waals surface area contributed by atoms with Crippen molar-refractivity contribution < 1.29 is 17.9 Å². The predicted molar refractivity (Wildman–Crippen MR) is 107 cm³/mol. The Kier molecular flexibility index (Phi) is 6.73. The summed E-state index contributed by atoms with van der Waals surface area (Å²) in [7, 11) is -2.30. The van der Waals surface area contributed by atoms with Crippen LogP contribution in [0, 0.1) is 0 Å². The second-order valence-corrected chi connectivity index (χ2v) is 8.28. The van der Waals surface area contributed by atoms with Crippen LogP contribution in [0.5, 0.6) is 5.75 Å². The third-order valence-corrected chi connectivity index (χ3v) is 5.84. The van der Waals surface area contributed by atoms with Crippen molar-refractivity contribution in [3.63, 3.8) is 0 Å². The molecule has 0 aliphatic rings. The summed E-state index contributed by atoms with van der Waals surface area (Å²) in [5.41, 5.74) is 0.619. The Balaban J connectivity index is 2.32. The monoisotopic (exact) mass is 410 g/mol. The Morgan fingerprint density at radius 3 is 2.37 bits per heavy atom. The Hall–Kier alpha value is -2.25. The minimum Gasteiger partial charge on any atom is -0.494 e. The van der Waals surface area contributed by atoms with Gasteiger partial charge in [-0.05, 0) is 63.2 Å². The molecule has 2 aromatic carbocycles. The van der Waals surface area contributed by atoms with Crippen LogP contribution in [0.25, 0.3) is 0 Å². The summed E-state index contributed by atoms with van der Waals surface area (Å²) in [6.45, 7) is 6.13. The van der Waals surface area contributed by atoms with Gasteiger partial charge in [0.2, 0.25) is 0 Å². The number of hydrogen-bond acceptors (Lipinski definition) is 4. The van der Waals surface area contributed by atoms with E-state index in [2.05, 4.69) is 4.72 Å². The molecule has 1 N–H and O–H groups in total. The van der Waals surface area contributed by atoms with E-state index in [0.29, 0.717) is 18.0 Å². The van der Waals surface area contributed by atoms with Gasteiger partial charge in [-0.1, -0.05) is 11.6 Å². The van der Waals surface area contributed by atoms with E-state index in [1.165, 1.54) is 23.1 Å². The van der Waals surface area contributed by atoms with Gasteiger partial charge >= 0.3 is 0 Å². The van der Waals surface area contributed by atoms with Gasteiger partial charge in [0.05, 0.1) is 11.6 Å². The van der Waals surface area contributed by atoms with Gasteiger partial charge in [0.25, 0.3) is 15.9 Å². The molecular weight excluding hydrogens is 388 g/mol. The van der Waals surface area contributed by atoms with E-state index in [0.717, 1.165) is 0 Å². The number of halogens is 1. The lowest BCUT2D eigenvalue weighted by Gasteiger charge is -2.22. The quantitative estimate of drug-likeness (QED) is 0.747. The van der Waals surface area contributed by atoms with Crippen LogP contribution >= 0.6 is 11.6 Å². The fraction of sp³-hybridized carbons (Fsp3) is 0.316. The molecule has 0 saturated heterocycles. The molecule has 0 atom stereocenters. The first-order valence-electron chi connectivity index (χ1n) is 8.48. The van der Waals surface area contributed by atoms with Gasteiger partial charge in [-0.15, -0.1) is 0 Å². The molecule has 2 rings (SSSR count). The molecular formula is C19H23ClN2O4S. The van der Waals surface area contributed by atoms with Gasteiger partial charge in [0, 0.05) is 24.3 Å². The highest BCUT2D eigenvalue weighted by atomic mass is 35.5. The van der Waals surface area contributed by atoms with E-state index < -0.39 is 10.0 Å². The SMILES string of the molecule is CCOc1ccc(NS(=O)(=O)c2cc(C(=O)N(C)C(C)C)ccc2Cl)cc1. The first kappa shape index (κ1) is 21.1. The standard InChI is InChI=1S/C19H23ClN2O4S/c1-5-26-16-9-7-15(8-10-16)21-27(24,25)18-12-14(6-11-17(18)20)19(23)22(4)13(2)3/h6-13,21H,5H2,1-4H3. The van der Waals surface area contributed by atoms with Crippen molar-refractivity contribution in [3.8, 4) is 5.75 Å². The summed E-state index contributed by atoms with van der Waals surface area (Å²) in [5.74, 6) is 0.363. The summed E-state index contributed by atoms with van der Waals surface area (Å²) in [6.07, 6.45) is 0. The highest BCUT2D eigenvalue weighted by Crippen LogP contribution is 2.26. The zero-order valence-corrected chi connectivity index (χ0v) is 17.3. The fourth-order valence-corrected chi connectivity index (χ4v) is 3.86. The first-order valence-corrected chi connectivity index (χ1v) is 10.3. The number of hydrogen-bond donors (Lipinski definition) is 1. The lowest BCUT2D eigenvalue weighted by Crippen LogP contribution is -2.33. The molecule has 0 radical (unpaired) electrons. The maximum absolute atomic E-state index is 12.8. The number of amides is 1. The van der Waals surface area contributed by atoms with E-state index in [-0.39, 0.29) is 27.4 Å². The maximum atomic E-state index is 12.8. The van der Waals surface area contributed by atoms with Crippen LogP contribution in [-0.4, -0.2) is 38.9 Å². The highest BCUT2D eigenvalue weighted by molar-refractivity contribution is 7.92. The number of sulfonamides is 1. The minimum atomic E-state index is -3.96. The normalized spacial score (nSPS) is 11.3. The van der Waals surface area contributed by atoms with Gasteiger partial charge in [0.1, 0.15) is 10.6 Å². The molecule has 0 aliphatic carbocycles. The van der Waals surface area contributed by atoms with Crippen molar-refractivity contribution in [2.24, 2.45) is 0 Å². The highest BCUT2D eigenvalue weighted by Gasteiger charge is 2.22. The number of ether oxygens (including phenoxy) is 1. The minimum absolute atomic E-state index is 0.0183. The molecule has 0 aliphatic heterocycles. The van der Waals surface area contributed by atoms with Crippen molar-refractivity contribution in [1.29, 1.82) is 0 Å². The van der Waals surface area contributed by atoms with Crippen molar-refractivity contribution >= 4 is 33.2 Å². The summed E-state index contributed by atoms with van der Waals surface area (Å²) in [5, 5.41) is 0.0391. The van der Waals surface area contributed by atoms with Crippen LogP contribution in [0.4, 0.5) is 5.69 Å². The lowest BCUT2D eigenvalue weighted by molar-refractivity contribution is 0.0754. The number of carbonyl (C=O) groups is 1. The molecule has 0 unspecified atom stereocenters. The van der Waals surface area contributed by atoms with Crippen molar-refractivity contribution in [2.75, 3.05) is 18.4 Å². The van der Waals surface area contributed by atoms with Crippen LogP contribution in [0.15, 0.2) is 47.4 Å². The summed E-state index contributed by atoms with van der Waals surface area (Å²) >= 11 is 6.10. The fourth-order valence-electron chi connectivity index (χ4n) is 2.28. The molecule has 8 heteroatoms. The molecule has 1 amide bonds. The third-order valence-electron chi connectivity index (χ3n) is 3.98. The Morgan fingerprint density at radius 2 is 1.81 bits per heavy atom. The average Bonchev–Trinajstić information content (AvgIpc) is 2.62. The molecule has 0 bridgehead atoms. The smallest absolute Gasteiger partial charge is 0.263 e. The first-order chi connectivity index (χ1) is 12.7. The average molecular weight is 411 g/mol. The van der Waals surface area contributed by atoms with E-state index in [9.17, 15) is 13.2 Å². The van der Waals surface area contributed by atoms with Crippen molar-refractivity contribution in [3.05, 3.63) is 53.1 Å². The maximum Gasteiger partial charge on any atom is 0.263 e. The summed E-state index contributed by atoms with van der Waals surface area (Å²) < 4.78 is 33.3. The van der Waals surface area contributed by atoms with Crippen molar-refractivity contribution in [2.45, 2.75) is 31.7 Å². The molecule has 0 aromatic heterocycles. The molecule has 0 fully saturated rings. The van der Waals surface area contributed by atoms with Gasteiger partial charge in [-0.2, -0.15) is 0 Å². The largest absolute Gasteiger partial charge is 0.494 e. The Bertz CT molecular complexity index is 912. The van der Waals surface area contributed by atoms with Crippen LogP contribution in [-0.2, 0) is 10.0 Å².